The third-order valence-corrected chi connectivity index (χ3v) is 3.06. The first-order valence-corrected chi connectivity index (χ1v) is 6.68. The van der Waals surface area contributed by atoms with Gasteiger partial charge in [0, 0.05) is 5.56 Å². The molecule has 0 bridgehead atoms. The van der Waals surface area contributed by atoms with Gasteiger partial charge in [-0.15, -0.1) is 0 Å². The number of hydrogen-bond donors (Lipinski definition) is 0. The minimum atomic E-state index is 0.182. The molecule has 1 aromatic rings. The molecule has 0 amide bonds. The molecule has 0 unspecified atom stereocenters. The highest BCUT2D eigenvalue weighted by atomic mass is 32.2. The lowest BCUT2D eigenvalue weighted by molar-refractivity contribution is 0.108. The fraction of sp³-hybridized carbons (Fsp3) is 0.462. The Morgan fingerprint density at radius 1 is 1.27 bits per heavy atom. The van der Waals surface area contributed by atoms with Crippen LogP contribution in [0.5, 0.6) is 0 Å². The zero-order valence-electron chi connectivity index (χ0n) is 9.45. The van der Waals surface area contributed by atoms with E-state index in [0.29, 0.717) is 0 Å². The molecular weight excluding hydrogens is 204 g/mol. The van der Waals surface area contributed by atoms with E-state index in [0.717, 1.165) is 12.0 Å². The van der Waals surface area contributed by atoms with Crippen molar-refractivity contribution in [1.29, 1.82) is 0 Å². The standard InChI is InChI=1S/C13H18OS/c1-3-4-5-8-11-9-6-7-10-12(11)13(14)15-2/h6-7,9-10H,3-5,8H2,1-2H3. The van der Waals surface area contributed by atoms with Crippen molar-refractivity contribution >= 4 is 16.9 Å². The molecule has 0 aromatic heterocycles. The van der Waals surface area contributed by atoms with Crippen molar-refractivity contribution in [2.45, 2.75) is 32.6 Å². The summed E-state index contributed by atoms with van der Waals surface area (Å²) in [5, 5.41) is 0.182. The smallest absolute Gasteiger partial charge is 0.219 e. The summed E-state index contributed by atoms with van der Waals surface area (Å²) >= 11 is 1.29. The van der Waals surface area contributed by atoms with Gasteiger partial charge in [0.1, 0.15) is 0 Å². The number of benzene rings is 1. The Kier molecular flexibility index (Phi) is 5.48. The Bertz CT molecular complexity index is 320. The van der Waals surface area contributed by atoms with Gasteiger partial charge < -0.3 is 0 Å². The van der Waals surface area contributed by atoms with Crippen LogP contribution < -0.4 is 0 Å². The van der Waals surface area contributed by atoms with Crippen molar-refractivity contribution in [2.24, 2.45) is 0 Å². The number of aryl methyl sites for hydroxylation is 1. The summed E-state index contributed by atoms with van der Waals surface area (Å²) in [7, 11) is 0. The average Bonchev–Trinajstić information content (AvgIpc) is 2.29. The number of thioether (sulfide) groups is 1. The van der Waals surface area contributed by atoms with Gasteiger partial charge in [-0.1, -0.05) is 55.8 Å². The normalized spacial score (nSPS) is 10.3. The van der Waals surface area contributed by atoms with Gasteiger partial charge in [0.2, 0.25) is 5.12 Å². The highest BCUT2D eigenvalue weighted by Gasteiger charge is 2.08. The minimum absolute atomic E-state index is 0.182. The second kappa shape index (κ2) is 6.67. The van der Waals surface area contributed by atoms with Gasteiger partial charge in [-0.25, -0.2) is 0 Å². The van der Waals surface area contributed by atoms with E-state index in [-0.39, 0.29) is 5.12 Å². The topological polar surface area (TPSA) is 17.1 Å². The van der Waals surface area contributed by atoms with E-state index < -0.39 is 0 Å². The van der Waals surface area contributed by atoms with Crippen LogP contribution in [-0.4, -0.2) is 11.4 Å². The number of hydrogen-bond acceptors (Lipinski definition) is 2. The SMILES string of the molecule is CCCCCc1ccccc1C(=O)SC. The fourth-order valence-corrected chi connectivity index (χ4v) is 2.03. The molecule has 1 rings (SSSR count). The minimum Gasteiger partial charge on any atom is -0.282 e. The van der Waals surface area contributed by atoms with E-state index in [9.17, 15) is 4.79 Å². The van der Waals surface area contributed by atoms with Crippen molar-refractivity contribution in [3.63, 3.8) is 0 Å². The predicted octanol–water partition coefficient (Wildman–Crippen LogP) is 3.92. The van der Waals surface area contributed by atoms with Crippen LogP contribution in [0, 0.1) is 0 Å². The molecule has 0 saturated heterocycles. The summed E-state index contributed by atoms with van der Waals surface area (Å²) in [6.07, 6.45) is 6.50. The van der Waals surface area contributed by atoms with Crippen molar-refractivity contribution < 1.29 is 4.79 Å². The first kappa shape index (κ1) is 12.3. The van der Waals surface area contributed by atoms with E-state index in [1.807, 2.05) is 24.5 Å². The van der Waals surface area contributed by atoms with Crippen LogP contribution in [0.15, 0.2) is 24.3 Å². The van der Waals surface area contributed by atoms with Crippen molar-refractivity contribution in [3.05, 3.63) is 35.4 Å². The molecule has 0 spiro atoms. The van der Waals surface area contributed by atoms with Gasteiger partial charge in [0.05, 0.1) is 0 Å². The number of rotatable bonds is 5. The van der Waals surface area contributed by atoms with E-state index >= 15 is 0 Å². The Morgan fingerprint density at radius 2 is 2.00 bits per heavy atom. The first-order chi connectivity index (χ1) is 7.29. The third-order valence-electron chi connectivity index (χ3n) is 2.47. The summed E-state index contributed by atoms with van der Waals surface area (Å²) in [6.45, 7) is 2.19. The molecule has 0 aliphatic heterocycles. The fourth-order valence-electron chi connectivity index (χ4n) is 1.61. The quantitative estimate of drug-likeness (QED) is 0.702. The summed E-state index contributed by atoms with van der Waals surface area (Å²) in [5.74, 6) is 0. The third kappa shape index (κ3) is 3.71. The maximum atomic E-state index is 11.6. The molecule has 2 heteroatoms. The highest BCUT2D eigenvalue weighted by Crippen LogP contribution is 2.17. The molecule has 82 valence electrons. The molecule has 0 saturated carbocycles. The Hall–Kier alpha value is -0.760. The Balaban J connectivity index is 2.73. The maximum Gasteiger partial charge on any atom is 0.219 e. The lowest BCUT2D eigenvalue weighted by atomic mass is 10.0. The van der Waals surface area contributed by atoms with E-state index in [1.165, 1.54) is 36.6 Å². The van der Waals surface area contributed by atoms with Crippen LogP contribution >= 0.6 is 11.8 Å². The van der Waals surface area contributed by atoms with Crippen LogP contribution in [0.3, 0.4) is 0 Å². The molecule has 0 aliphatic rings. The van der Waals surface area contributed by atoms with Crippen LogP contribution in [-0.2, 0) is 6.42 Å². The number of carbonyl (C=O) groups is 1. The Morgan fingerprint density at radius 3 is 2.67 bits per heavy atom. The van der Waals surface area contributed by atoms with Gasteiger partial charge in [-0.2, -0.15) is 0 Å². The molecule has 0 fully saturated rings. The highest BCUT2D eigenvalue weighted by molar-refractivity contribution is 8.13. The molecule has 0 radical (unpaired) electrons. The van der Waals surface area contributed by atoms with Crippen molar-refractivity contribution in [3.8, 4) is 0 Å². The maximum absolute atomic E-state index is 11.6. The van der Waals surface area contributed by atoms with E-state index in [4.69, 9.17) is 0 Å². The molecule has 15 heavy (non-hydrogen) atoms. The number of carbonyl (C=O) groups excluding carboxylic acids is 1. The average molecular weight is 222 g/mol. The molecule has 1 aromatic carbocycles. The second-order valence-electron chi connectivity index (χ2n) is 3.61. The summed E-state index contributed by atoms with van der Waals surface area (Å²) < 4.78 is 0. The summed E-state index contributed by atoms with van der Waals surface area (Å²) in [6, 6.07) is 7.95. The Labute approximate surface area is 96.3 Å². The second-order valence-corrected chi connectivity index (χ2v) is 4.38. The van der Waals surface area contributed by atoms with Crippen LogP contribution in [0.1, 0.15) is 42.1 Å². The van der Waals surface area contributed by atoms with E-state index in [1.54, 1.807) is 0 Å². The van der Waals surface area contributed by atoms with Gasteiger partial charge in [0.15, 0.2) is 0 Å². The monoisotopic (exact) mass is 222 g/mol. The van der Waals surface area contributed by atoms with Crippen LogP contribution in [0.25, 0.3) is 0 Å². The first-order valence-electron chi connectivity index (χ1n) is 5.45. The molecule has 0 aliphatic carbocycles. The van der Waals surface area contributed by atoms with Crippen LogP contribution in [0.2, 0.25) is 0 Å². The lowest BCUT2D eigenvalue weighted by Crippen LogP contribution is -1.99. The molecule has 1 nitrogen and oxygen atoms in total. The van der Waals surface area contributed by atoms with E-state index in [2.05, 4.69) is 13.0 Å². The van der Waals surface area contributed by atoms with Crippen LogP contribution in [0.4, 0.5) is 0 Å². The van der Waals surface area contributed by atoms with Gasteiger partial charge in [-0.3, -0.25) is 4.79 Å². The van der Waals surface area contributed by atoms with Gasteiger partial charge in [-0.05, 0) is 24.7 Å². The zero-order valence-corrected chi connectivity index (χ0v) is 10.3. The summed E-state index contributed by atoms with van der Waals surface area (Å²) in [5.41, 5.74) is 2.09. The molecule has 0 heterocycles. The van der Waals surface area contributed by atoms with Gasteiger partial charge in [0.25, 0.3) is 0 Å². The largest absolute Gasteiger partial charge is 0.282 e. The predicted molar refractivity (Wildman–Crippen MR) is 67.5 cm³/mol. The summed E-state index contributed by atoms with van der Waals surface area (Å²) in [4.78, 5) is 11.6. The number of unbranched alkanes of at least 4 members (excludes halogenated alkanes) is 2. The zero-order chi connectivity index (χ0) is 11.1. The van der Waals surface area contributed by atoms with Crippen molar-refractivity contribution in [2.75, 3.05) is 6.26 Å². The lowest BCUT2D eigenvalue weighted by Gasteiger charge is -2.06. The van der Waals surface area contributed by atoms with Crippen molar-refractivity contribution in [1.82, 2.24) is 0 Å². The molecule has 0 atom stereocenters. The van der Waals surface area contributed by atoms with Gasteiger partial charge >= 0.3 is 0 Å². The molecular formula is C13H18OS. The molecule has 0 N–H and O–H groups in total.